The number of nitrogens with one attached hydrogen (secondary N) is 3. The molecule has 2 fully saturated rings. The van der Waals surface area contributed by atoms with E-state index >= 15 is 0 Å². The number of carbonyl (C=O) groups is 2. The number of hydrogen-bond donors (Lipinski definition) is 4. The smallest absolute Gasteiger partial charge is 0.240 e. The fourth-order valence-electron chi connectivity index (χ4n) is 6.35. The molecule has 1 aliphatic carbocycles. The van der Waals surface area contributed by atoms with Crippen LogP contribution in [0.4, 0.5) is 0 Å². The molecule has 2 amide bonds. The zero-order valence-corrected chi connectivity index (χ0v) is 28.8. The van der Waals surface area contributed by atoms with Crippen molar-refractivity contribution in [1.82, 2.24) is 20.3 Å². The average molecular weight is 657 g/mol. The third kappa shape index (κ3) is 9.97. The Balaban J connectivity index is 1.93. The minimum atomic E-state index is -3.98. The van der Waals surface area contributed by atoms with E-state index in [2.05, 4.69) is 15.4 Å². The summed E-state index contributed by atoms with van der Waals surface area (Å²) in [6.07, 6.45) is 5.99. The molecule has 1 aromatic rings. The molecular formula is C31H52N4O7S2. The summed E-state index contributed by atoms with van der Waals surface area (Å²) >= 11 is 0. The van der Waals surface area contributed by atoms with Gasteiger partial charge < -0.3 is 15.7 Å². The predicted octanol–water partition coefficient (Wildman–Crippen LogP) is 1.61. The predicted molar refractivity (Wildman–Crippen MR) is 172 cm³/mol. The molecule has 4 N–H and O–H groups in total. The molecule has 1 saturated heterocycles. The summed E-state index contributed by atoms with van der Waals surface area (Å²) in [6, 6.07) is 6.23. The lowest BCUT2D eigenvalue weighted by Crippen LogP contribution is -2.64. The third-order valence-electron chi connectivity index (χ3n) is 9.06. The van der Waals surface area contributed by atoms with Crippen molar-refractivity contribution >= 4 is 31.7 Å². The van der Waals surface area contributed by atoms with Crippen LogP contribution in [-0.4, -0.2) is 98.8 Å². The number of aliphatic hydroxyl groups excluding tert-OH is 1. The normalized spacial score (nSPS) is 24.0. The van der Waals surface area contributed by atoms with E-state index in [4.69, 9.17) is 0 Å². The number of aliphatic hydroxyl groups is 1. The highest BCUT2D eigenvalue weighted by Crippen LogP contribution is 2.39. The largest absolute Gasteiger partial charge is 0.390 e. The maximum Gasteiger partial charge on any atom is 0.240 e. The SMILES string of the molecule is CC(C)(C)NC(=O)[C@@H]1C[C@@H]2CCCC[C@@H]2CN1C[C@@H](O)[C@H](Cc1ccccc1)NC(=O)[C@@H](NS(C)(=O)=O)C(C)(C)S(C)(=O)=O. The number of hydrogen-bond acceptors (Lipinski definition) is 8. The van der Waals surface area contributed by atoms with Gasteiger partial charge >= 0.3 is 0 Å². The van der Waals surface area contributed by atoms with E-state index in [1.54, 1.807) is 0 Å². The first-order chi connectivity index (χ1) is 20.2. The fraction of sp³-hybridized carbons (Fsp3) is 0.742. The summed E-state index contributed by atoms with van der Waals surface area (Å²) in [6.45, 7) is 9.13. The Morgan fingerprint density at radius 2 is 1.57 bits per heavy atom. The average Bonchev–Trinajstić information content (AvgIpc) is 2.89. The Bertz CT molecular complexity index is 1360. The number of rotatable bonds is 12. The summed E-state index contributed by atoms with van der Waals surface area (Å²) in [5.41, 5.74) is 0.391. The lowest BCUT2D eigenvalue weighted by Gasteiger charge is -2.47. The van der Waals surface area contributed by atoms with E-state index in [0.29, 0.717) is 24.8 Å². The molecule has 3 rings (SSSR count). The van der Waals surface area contributed by atoms with Crippen LogP contribution in [0.1, 0.15) is 72.3 Å². The number of carbonyl (C=O) groups excluding carboxylic acids is 2. The van der Waals surface area contributed by atoms with Crippen molar-refractivity contribution in [3.63, 3.8) is 0 Å². The third-order valence-corrected chi connectivity index (χ3v) is 11.9. The Morgan fingerprint density at radius 1 is 0.977 bits per heavy atom. The van der Waals surface area contributed by atoms with Gasteiger partial charge in [0.2, 0.25) is 21.8 Å². The number of β-amino-alcohol motifs (C(OH)–C–C–N with tert-alkyl or cyclic N) is 1. The van der Waals surface area contributed by atoms with Crippen molar-refractivity contribution in [3.8, 4) is 0 Å². The molecule has 0 radical (unpaired) electrons. The first-order valence-electron chi connectivity index (χ1n) is 15.4. The lowest BCUT2D eigenvalue weighted by molar-refractivity contribution is -0.133. The minimum Gasteiger partial charge on any atom is -0.390 e. The molecule has 1 heterocycles. The minimum absolute atomic E-state index is 0.0929. The van der Waals surface area contributed by atoms with Crippen molar-refractivity contribution in [2.75, 3.05) is 25.6 Å². The van der Waals surface area contributed by atoms with Gasteiger partial charge in [0, 0.05) is 24.9 Å². The number of fused-ring (bicyclic) bond motifs is 1. The highest BCUT2D eigenvalue weighted by molar-refractivity contribution is 7.92. The van der Waals surface area contributed by atoms with Gasteiger partial charge in [-0.05, 0) is 71.3 Å². The quantitative estimate of drug-likeness (QED) is 0.264. The van der Waals surface area contributed by atoms with E-state index in [1.165, 1.54) is 13.8 Å². The maximum absolute atomic E-state index is 13.7. The first kappa shape index (κ1) is 36.4. The fourth-order valence-corrected chi connectivity index (χ4v) is 7.85. The van der Waals surface area contributed by atoms with Gasteiger partial charge in [-0.2, -0.15) is 0 Å². The van der Waals surface area contributed by atoms with Gasteiger partial charge in [-0.1, -0.05) is 49.6 Å². The topological polar surface area (TPSA) is 162 Å². The Hall–Kier alpha value is -2.06. The van der Waals surface area contributed by atoms with Gasteiger partial charge in [0.25, 0.3) is 0 Å². The number of likely N-dealkylation sites (tertiary alicyclic amines) is 1. The number of amides is 2. The molecule has 2 aliphatic rings. The number of piperidine rings is 1. The van der Waals surface area contributed by atoms with Crippen LogP contribution in [0.3, 0.4) is 0 Å². The van der Waals surface area contributed by atoms with Crippen molar-refractivity contribution in [2.24, 2.45) is 11.8 Å². The highest BCUT2D eigenvalue weighted by Gasteiger charge is 2.46. The molecule has 13 heteroatoms. The molecule has 11 nitrogen and oxygen atoms in total. The van der Waals surface area contributed by atoms with Crippen LogP contribution in [-0.2, 0) is 35.9 Å². The monoisotopic (exact) mass is 656 g/mol. The number of sulfonamides is 1. The molecule has 0 spiro atoms. The van der Waals surface area contributed by atoms with Crippen LogP contribution in [0, 0.1) is 11.8 Å². The molecule has 0 aromatic heterocycles. The second-order valence-electron chi connectivity index (χ2n) is 14.3. The van der Waals surface area contributed by atoms with Crippen molar-refractivity contribution < 1.29 is 31.5 Å². The highest BCUT2D eigenvalue weighted by atomic mass is 32.2. The van der Waals surface area contributed by atoms with Gasteiger partial charge in [-0.3, -0.25) is 14.5 Å². The molecule has 0 bridgehead atoms. The maximum atomic E-state index is 13.7. The van der Waals surface area contributed by atoms with Crippen LogP contribution in [0.15, 0.2) is 30.3 Å². The van der Waals surface area contributed by atoms with Crippen LogP contribution in [0.5, 0.6) is 0 Å². The second-order valence-corrected chi connectivity index (χ2v) is 18.7. The molecule has 0 unspecified atom stereocenters. The zero-order chi connectivity index (χ0) is 33.1. The summed E-state index contributed by atoms with van der Waals surface area (Å²) in [5, 5.41) is 17.6. The van der Waals surface area contributed by atoms with E-state index in [-0.39, 0.29) is 18.9 Å². The molecule has 250 valence electrons. The van der Waals surface area contributed by atoms with Gasteiger partial charge in [-0.25, -0.2) is 21.6 Å². The Labute approximate surface area is 263 Å². The van der Waals surface area contributed by atoms with Gasteiger partial charge in [0.15, 0.2) is 9.84 Å². The van der Waals surface area contributed by atoms with Gasteiger partial charge in [0.05, 0.1) is 29.2 Å². The first-order valence-corrected chi connectivity index (χ1v) is 19.2. The van der Waals surface area contributed by atoms with Crippen molar-refractivity contribution in [3.05, 3.63) is 35.9 Å². The van der Waals surface area contributed by atoms with E-state index in [9.17, 15) is 31.5 Å². The Kier molecular flexibility index (Phi) is 11.7. The molecule has 1 aromatic carbocycles. The summed E-state index contributed by atoms with van der Waals surface area (Å²) in [7, 11) is -7.89. The zero-order valence-electron chi connectivity index (χ0n) is 27.2. The van der Waals surface area contributed by atoms with Crippen molar-refractivity contribution in [1.29, 1.82) is 0 Å². The number of benzene rings is 1. The molecule has 1 aliphatic heterocycles. The molecule has 1 saturated carbocycles. The van der Waals surface area contributed by atoms with Crippen LogP contribution < -0.4 is 15.4 Å². The lowest BCUT2D eigenvalue weighted by atomic mass is 9.72. The summed E-state index contributed by atoms with van der Waals surface area (Å²) in [4.78, 5) is 29.3. The standard InChI is InChI=1S/C31H52N4O7S2/c1-30(2,3)33-28(37)25-18-22-15-11-12-16-23(22)19-35(25)20-26(36)24(17-21-13-9-8-10-14-21)32-29(38)27(34-44(7,41)42)31(4,5)43(6,39)40/h8-10,13-14,22-27,34,36H,11-12,15-20H2,1-7H3,(H,32,38)(H,33,37)/t22-,23+,24-,25-,26+,27+/m0/s1. The van der Waals surface area contributed by atoms with Crippen LogP contribution in [0.2, 0.25) is 0 Å². The van der Waals surface area contributed by atoms with E-state index in [0.717, 1.165) is 43.8 Å². The number of nitrogens with zero attached hydrogens (tertiary/aromatic N) is 1. The van der Waals surface area contributed by atoms with Gasteiger partial charge in [-0.15, -0.1) is 0 Å². The Morgan fingerprint density at radius 3 is 2.11 bits per heavy atom. The van der Waals surface area contributed by atoms with Crippen LogP contribution >= 0.6 is 0 Å². The molecule has 44 heavy (non-hydrogen) atoms. The number of sulfone groups is 1. The second kappa shape index (κ2) is 14.1. The molecule has 6 atom stereocenters. The summed E-state index contributed by atoms with van der Waals surface area (Å²) < 4.78 is 50.2. The van der Waals surface area contributed by atoms with Gasteiger partial charge in [0.1, 0.15) is 6.04 Å². The van der Waals surface area contributed by atoms with E-state index in [1.807, 2.05) is 56.0 Å². The van der Waals surface area contributed by atoms with Crippen molar-refractivity contribution in [2.45, 2.75) is 108 Å². The van der Waals surface area contributed by atoms with E-state index < -0.39 is 60.3 Å². The molecular weight excluding hydrogens is 604 g/mol. The van der Waals surface area contributed by atoms with Crippen LogP contribution in [0.25, 0.3) is 0 Å². The summed E-state index contributed by atoms with van der Waals surface area (Å²) in [5.74, 6) is -0.104.